The Bertz CT molecular complexity index is 856. The van der Waals surface area contributed by atoms with Crippen molar-refractivity contribution in [3.63, 3.8) is 0 Å². The minimum absolute atomic E-state index is 0.169. The van der Waals surface area contributed by atoms with E-state index in [1.165, 1.54) is 17.6 Å². The van der Waals surface area contributed by atoms with Gasteiger partial charge in [-0.2, -0.15) is 10.2 Å². The van der Waals surface area contributed by atoms with E-state index in [4.69, 9.17) is 11.6 Å². The van der Waals surface area contributed by atoms with Gasteiger partial charge in [-0.15, -0.1) is 11.3 Å². The Morgan fingerprint density at radius 2 is 2.12 bits per heavy atom. The molecule has 0 unspecified atom stereocenters. The normalized spacial score (nSPS) is 11.1. The smallest absolute Gasteiger partial charge is 0.245 e. The lowest BCUT2D eigenvalue weighted by molar-refractivity contribution is -0.120. The zero-order chi connectivity index (χ0) is 16.9. The van der Waals surface area contributed by atoms with E-state index in [0.29, 0.717) is 17.1 Å². The van der Waals surface area contributed by atoms with Crippen molar-refractivity contribution >= 4 is 35.1 Å². The van der Waals surface area contributed by atoms with E-state index in [9.17, 15) is 4.79 Å². The summed E-state index contributed by atoms with van der Waals surface area (Å²) in [6.07, 6.45) is 1.83. The van der Waals surface area contributed by atoms with Crippen LogP contribution in [0, 0.1) is 6.92 Å². The van der Waals surface area contributed by atoms with Crippen LogP contribution in [0.15, 0.2) is 52.9 Å². The molecule has 0 spiro atoms. The van der Waals surface area contributed by atoms with Crippen molar-refractivity contribution < 1.29 is 4.79 Å². The summed E-state index contributed by atoms with van der Waals surface area (Å²) in [5, 5.41) is 10.8. The Kier molecular flexibility index (Phi) is 5.08. The number of hydrazone groups is 1. The predicted molar refractivity (Wildman–Crippen MR) is 97.1 cm³/mol. The number of hydrogen-bond acceptors (Lipinski definition) is 4. The number of halogens is 1. The van der Waals surface area contributed by atoms with Crippen LogP contribution in [0.4, 0.5) is 0 Å². The van der Waals surface area contributed by atoms with E-state index < -0.39 is 0 Å². The summed E-state index contributed by atoms with van der Waals surface area (Å²) in [5.41, 5.74) is 4.80. The summed E-state index contributed by atoms with van der Waals surface area (Å²) in [7, 11) is 0. The molecule has 24 heavy (non-hydrogen) atoms. The number of amides is 1. The molecule has 122 valence electrons. The van der Waals surface area contributed by atoms with Crippen LogP contribution in [0.2, 0.25) is 5.15 Å². The van der Waals surface area contributed by atoms with Crippen molar-refractivity contribution in [3.05, 3.63) is 69.1 Å². The molecule has 2 aromatic heterocycles. The van der Waals surface area contributed by atoms with Crippen LogP contribution in [0.5, 0.6) is 0 Å². The molecule has 2 heterocycles. The van der Waals surface area contributed by atoms with Gasteiger partial charge < -0.3 is 0 Å². The van der Waals surface area contributed by atoms with Crippen molar-refractivity contribution in [1.29, 1.82) is 0 Å². The summed E-state index contributed by atoms with van der Waals surface area (Å²) in [5.74, 6) is -0.169. The molecule has 0 aliphatic heterocycles. The summed E-state index contributed by atoms with van der Waals surface area (Å²) in [4.78, 5) is 12.8. The van der Waals surface area contributed by atoms with Gasteiger partial charge in [-0.3, -0.25) is 4.79 Å². The van der Waals surface area contributed by atoms with Crippen molar-refractivity contribution in [2.45, 2.75) is 13.3 Å². The number of nitrogens with one attached hydrogen (secondary N) is 1. The van der Waals surface area contributed by atoms with Gasteiger partial charge in [0.25, 0.3) is 0 Å². The number of nitrogens with zero attached hydrogens (tertiary/aromatic N) is 3. The molecule has 3 aromatic rings. The lowest BCUT2D eigenvalue weighted by atomic mass is 10.3. The van der Waals surface area contributed by atoms with Gasteiger partial charge in [0, 0.05) is 4.88 Å². The first-order valence-electron chi connectivity index (χ1n) is 7.30. The van der Waals surface area contributed by atoms with Crippen LogP contribution in [-0.2, 0) is 11.2 Å². The molecule has 0 aliphatic carbocycles. The topological polar surface area (TPSA) is 59.3 Å². The molecule has 0 atom stereocenters. The van der Waals surface area contributed by atoms with Gasteiger partial charge in [-0.1, -0.05) is 35.9 Å². The summed E-state index contributed by atoms with van der Waals surface area (Å²) in [6, 6.07) is 13.4. The van der Waals surface area contributed by atoms with Gasteiger partial charge >= 0.3 is 0 Å². The Balaban J connectivity index is 1.71. The second-order valence-electron chi connectivity index (χ2n) is 5.09. The number of carbonyl (C=O) groups is 1. The molecular weight excluding hydrogens is 344 g/mol. The second kappa shape index (κ2) is 7.42. The number of rotatable bonds is 5. The Labute approximate surface area is 148 Å². The quantitative estimate of drug-likeness (QED) is 0.559. The fourth-order valence-corrected chi connectivity index (χ4v) is 3.20. The van der Waals surface area contributed by atoms with E-state index in [1.54, 1.807) is 4.68 Å². The number of thiophene rings is 1. The zero-order valence-corrected chi connectivity index (χ0v) is 14.5. The minimum Gasteiger partial charge on any atom is -0.273 e. The highest BCUT2D eigenvalue weighted by Crippen LogP contribution is 2.21. The predicted octanol–water partition coefficient (Wildman–Crippen LogP) is 3.59. The van der Waals surface area contributed by atoms with Crippen LogP contribution in [-0.4, -0.2) is 21.9 Å². The van der Waals surface area contributed by atoms with Gasteiger partial charge in [0.05, 0.1) is 29.6 Å². The largest absolute Gasteiger partial charge is 0.273 e. The SMILES string of the molecule is Cc1nn(-c2ccccc2)c(Cl)c1C=NNC(=O)Cc1cccs1. The van der Waals surface area contributed by atoms with Gasteiger partial charge in [0.2, 0.25) is 5.91 Å². The van der Waals surface area contributed by atoms with Crippen molar-refractivity contribution in [2.75, 3.05) is 0 Å². The number of carbonyl (C=O) groups excluding carboxylic acids is 1. The monoisotopic (exact) mass is 358 g/mol. The molecule has 0 saturated carbocycles. The zero-order valence-electron chi connectivity index (χ0n) is 12.9. The maximum atomic E-state index is 11.8. The van der Waals surface area contributed by atoms with E-state index in [1.807, 2.05) is 54.8 Å². The summed E-state index contributed by atoms with van der Waals surface area (Å²) >= 11 is 7.93. The number of hydrogen-bond donors (Lipinski definition) is 1. The van der Waals surface area contributed by atoms with Crippen molar-refractivity contribution in [3.8, 4) is 5.69 Å². The van der Waals surface area contributed by atoms with Crippen LogP contribution in [0.1, 0.15) is 16.1 Å². The van der Waals surface area contributed by atoms with Crippen LogP contribution >= 0.6 is 22.9 Å². The highest BCUT2D eigenvalue weighted by Gasteiger charge is 2.13. The first-order chi connectivity index (χ1) is 11.6. The van der Waals surface area contributed by atoms with E-state index in [0.717, 1.165) is 16.3 Å². The third kappa shape index (κ3) is 3.72. The number of aromatic nitrogens is 2. The maximum absolute atomic E-state index is 11.8. The fraction of sp³-hybridized carbons (Fsp3) is 0.118. The van der Waals surface area contributed by atoms with Crippen molar-refractivity contribution in [1.82, 2.24) is 15.2 Å². The molecule has 0 fully saturated rings. The third-order valence-electron chi connectivity index (χ3n) is 3.35. The Morgan fingerprint density at radius 3 is 2.83 bits per heavy atom. The second-order valence-corrected chi connectivity index (χ2v) is 6.48. The Hall–Kier alpha value is -2.44. The lowest BCUT2D eigenvalue weighted by Gasteiger charge is -2.01. The third-order valence-corrected chi connectivity index (χ3v) is 4.59. The average Bonchev–Trinajstić information content (AvgIpc) is 3.18. The fourth-order valence-electron chi connectivity index (χ4n) is 2.18. The standard InChI is InChI=1S/C17H15ClN4OS/c1-12-15(11-19-20-16(23)10-14-8-5-9-24-14)17(18)22(21-12)13-6-3-2-4-7-13/h2-9,11H,10H2,1H3,(H,20,23). The van der Waals surface area contributed by atoms with E-state index in [2.05, 4.69) is 15.6 Å². The van der Waals surface area contributed by atoms with Gasteiger partial charge in [-0.05, 0) is 30.5 Å². The number of benzene rings is 1. The molecule has 1 N–H and O–H groups in total. The van der Waals surface area contributed by atoms with Crippen LogP contribution in [0.25, 0.3) is 5.69 Å². The highest BCUT2D eigenvalue weighted by atomic mass is 35.5. The molecule has 3 rings (SSSR count). The van der Waals surface area contributed by atoms with Crippen LogP contribution in [0.3, 0.4) is 0 Å². The van der Waals surface area contributed by atoms with Gasteiger partial charge in [0.1, 0.15) is 5.15 Å². The molecule has 5 nitrogen and oxygen atoms in total. The molecule has 1 amide bonds. The summed E-state index contributed by atoms with van der Waals surface area (Å²) < 4.78 is 1.64. The molecule has 1 aromatic carbocycles. The van der Waals surface area contributed by atoms with Crippen LogP contribution < -0.4 is 5.43 Å². The molecule has 0 aliphatic rings. The molecule has 0 bridgehead atoms. The Morgan fingerprint density at radius 1 is 1.33 bits per heavy atom. The average molecular weight is 359 g/mol. The molecular formula is C17H15ClN4OS. The first kappa shape index (κ1) is 16.4. The lowest BCUT2D eigenvalue weighted by Crippen LogP contribution is -2.19. The van der Waals surface area contributed by atoms with E-state index in [-0.39, 0.29) is 5.91 Å². The maximum Gasteiger partial charge on any atom is 0.245 e. The number of aryl methyl sites for hydroxylation is 1. The van der Waals surface area contributed by atoms with Crippen molar-refractivity contribution in [2.24, 2.45) is 5.10 Å². The van der Waals surface area contributed by atoms with Gasteiger partial charge in [0.15, 0.2) is 0 Å². The summed E-state index contributed by atoms with van der Waals surface area (Å²) in [6.45, 7) is 1.85. The molecule has 0 radical (unpaired) electrons. The first-order valence-corrected chi connectivity index (χ1v) is 8.55. The highest BCUT2D eigenvalue weighted by molar-refractivity contribution is 7.10. The molecule has 0 saturated heterocycles. The minimum atomic E-state index is -0.169. The number of para-hydroxylation sites is 1. The van der Waals surface area contributed by atoms with E-state index >= 15 is 0 Å². The molecule has 7 heteroatoms. The van der Waals surface area contributed by atoms with Gasteiger partial charge in [-0.25, -0.2) is 10.1 Å².